The quantitative estimate of drug-likeness (QED) is 0.389. The second-order valence-corrected chi connectivity index (χ2v) is 10.2. The lowest BCUT2D eigenvalue weighted by atomic mass is 10.0. The van der Waals surface area contributed by atoms with Crippen LogP contribution in [0, 0.1) is 11.3 Å². The number of aromatic nitrogens is 2. The van der Waals surface area contributed by atoms with Crippen LogP contribution in [-0.2, 0) is 17.4 Å². The largest absolute Gasteiger partial charge is 0.480 e. The molecule has 172 valence electrons. The number of carbonyl (C=O) groups is 1. The fourth-order valence-corrected chi connectivity index (χ4v) is 4.95. The van der Waals surface area contributed by atoms with Gasteiger partial charge in [-0.1, -0.05) is 23.9 Å². The molecule has 0 radical (unpaired) electrons. The van der Waals surface area contributed by atoms with E-state index < -0.39 is 22.5 Å². The number of alkyl halides is 3. The van der Waals surface area contributed by atoms with E-state index in [-0.39, 0.29) is 5.56 Å². The first kappa shape index (κ1) is 24.5. The molecule has 2 N–H and O–H groups in total. The van der Waals surface area contributed by atoms with Gasteiger partial charge in [0.05, 0.1) is 16.8 Å². The molecule has 33 heavy (non-hydrogen) atoms. The van der Waals surface area contributed by atoms with Crippen molar-refractivity contribution in [1.29, 1.82) is 5.26 Å². The zero-order valence-electron chi connectivity index (χ0n) is 17.6. The van der Waals surface area contributed by atoms with E-state index in [1.165, 1.54) is 41.4 Å². The normalized spacial score (nSPS) is 11.8. The number of thiazole rings is 1. The Morgan fingerprint density at radius 1 is 1.24 bits per heavy atom. The van der Waals surface area contributed by atoms with Gasteiger partial charge in [0.2, 0.25) is 0 Å². The SMILES string of the molecule is CC(C)(Sc1nc(CCNc2ncc(-c3ccc(C(F)(F)F)cc3)cc2C#N)cs1)C(=O)O. The van der Waals surface area contributed by atoms with Gasteiger partial charge >= 0.3 is 12.1 Å². The van der Waals surface area contributed by atoms with Crippen LogP contribution in [0.15, 0.2) is 46.2 Å². The Balaban J connectivity index is 1.63. The van der Waals surface area contributed by atoms with Crippen molar-refractivity contribution in [3.63, 3.8) is 0 Å². The summed E-state index contributed by atoms with van der Waals surface area (Å²) in [7, 11) is 0. The van der Waals surface area contributed by atoms with E-state index in [1.54, 1.807) is 19.9 Å². The minimum absolute atomic E-state index is 0.269. The second-order valence-electron chi connectivity index (χ2n) is 7.51. The third-order valence-electron chi connectivity index (χ3n) is 4.62. The third kappa shape index (κ3) is 6.24. The molecular formula is C22H19F3N4O2S2. The molecule has 0 amide bonds. The zero-order chi connectivity index (χ0) is 24.2. The first-order valence-corrected chi connectivity index (χ1v) is 11.4. The van der Waals surface area contributed by atoms with Gasteiger partial charge in [-0.2, -0.15) is 18.4 Å². The fourth-order valence-electron chi connectivity index (χ4n) is 2.72. The third-order valence-corrected chi connectivity index (χ3v) is 6.79. The van der Waals surface area contributed by atoms with E-state index in [1.807, 2.05) is 5.38 Å². The summed E-state index contributed by atoms with van der Waals surface area (Å²) in [6.07, 6.45) is -2.37. The van der Waals surface area contributed by atoms with Gasteiger partial charge in [0.1, 0.15) is 16.6 Å². The van der Waals surface area contributed by atoms with E-state index in [4.69, 9.17) is 0 Å². The summed E-state index contributed by atoms with van der Waals surface area (Å²) in [5.41, 5.74) is 1.37. The molecule has 11 heteroatoms. The predicted molar refractivity (Wildman–Crippen MR) is 121 cm³/mol. The highest BCUT2D eigenvalue weighted by molar-refractivity contribution is 8.02. The van der Waals surface area contributed by atoms with Crippen molar-refractivity contribution >= 4 is 34.9 Å². The maximum Gasteiger partial charge on any atom is 0.416 e. The van der Waals surface area contributed by atoms with Crippen molar-refractivity contribution in [1.82, 2.24) is 9.97 Å². The number of halogens is 3. The van der Waals surface area contributed by atoms with Gasteiger partial charge in [0, 0.05) is 30.1 Å². The molecule has 0 atom stereocenters. The highest BCUT2D eigenvalue weighted by atomic mass is 32.2. The van der Waals surface area contributed by atoms with Crippen LogP contribution in [-0.4, -0.2) is 32.3 Å². The summed E-state index contributed by atoms with van der Waals surface area (Å²) < 4.78 is 37.9. The number of nitrogens with one attached hydrogen (secondary N) is 1. The first-order valence-electron chi connectivity index (χ1n) is 9.68. The van der Waals surface area contributed by atoms with Crippen molar-refractivity contribution < 1.29 is 23.1 Å². The number of hydrogen-bond acceptors (Lipinski definition) is 7. The average Bonchev–Trinajstić information content (AvgIpc) is 3.19. The van der Waals surface area contributed by atoms with Gasteiger partial charge in [-0.05, 0) is 37.6 Å². The summed E-state index contributed by atoms with van der Waals surface area (Å²) in [5, 5.41) is 23.6. The molecule has 6 nitrogen and oxygen atoms in total. The Morgan fingerprint density at radius 3 is 2.55 bits per heavy atom. The van der Waals surface area contributed by atoms with E-state index in [9.17, 15) is 28.3 Å². The number of carboxylic acids is 1. The Bertz CT molecular complexity index is 1190. The zero-order valence-corrected chi connectivity index (χ0v) is 19.2. The van der Waals surface area contributed by atoms with Crippen LogP contribution < -0.4 is 5.32 Å². The smallest absolute Gasteiger partial charge is 0.416 e. The van der Waals surface area contributed by atoms with Crippen molar-refractivity contribution in [3.8, 4) is 17.2 Å². The molecule has 3 aromatic rings. The number of pyridine rings is 1. The molecule has 0 aliphatic carbocycles. The van der Waals surface area contributed by atoms with Crippen molar-refractivity contribution in [2.75, 3.05) is 11.9 Å². The predicted octanol–water partition coefficient (Wildman–Crippen LogP) is 5.71. The summed E-state index contributed by atoms with van der Waals surface area (Å²) >= 11 is 2.55. The number of rotatable bonds is 8. The average molecular weight is 493 g/mol. The van der Waals surface area contributed by atoms with Gasteiger partial charge in [-0.15, -0.1) is 11.3 Å². The molecule has 1 aromatic carbocycles. The number of nitrogens with zero attached hydrogens (tertiary/aromatic N) is 3. The van der Waals surface area contributed by atoms with E-state index in [0.717, 1.165) is 17.8 Å². The maximum absolute atomic E-state index is 12.7. The monoisotopic (exact) mass is 492 g/mol. The molecule has 0 aliphatic heterocycles. The van der Waals surface area contributed by atoms with Crippen LogP contribution in [0.4, 0.5) is 19.0 Å². The van der Waals surface area contributed by atoms with Crippen LogP contribution in [0.5, 0.6) is 0 Å². The van der Waals surface area contributed by atoms with Crippen LogP contribution in [0.1, 0.15) is 30.7 Å². The van der Waals surface area contributed by atoms with Gasteiger partial charge in [0.15, 0.2) is 4.34 Å². The Morgan fingerprint density at radius 2 is 1.94 bits per heavy atom. The number of thioether (sulfide) groups is 1. The van der Waals surface area contributed by atoms with Gasteiger partial charge in [-0.3, -0.25) is 4.79 Å². The fraction of sp³-hybridized carbons (Fsp3) is 0.273. The summed E-state index contributed by atoms with van der Waals surface area (Å²) in [6.45, 7) is 3.68. The first-order chi connectivity index (χ1) is 15.5. The molecule has 0 saturated carbocycles. The van der Waals surface area contributed by atoms with Crippen molar-refractivity contribution in [2.24, 2.45) is 0 Å². The lowest BCUT2D eigenvalue weighted by Gasteiger charge is -2.15. The van der Waals surface area contributed by atoms with E-state index in [0.29, 0.717) is 34.2 Å². The molecule has 0 fully saturated rings. The van der Waals surface area contributed by atoms with Gasteiger partial charge < -0.3 is 10.4 Å². The van der Waals surface area contributed by atoms with E-state index in [2.05, 4.69) is 21.4 Å². The lowest BCUT2D eigenvalue weighted by molar-refractivity contribution is -0.139. The lowest BCUT2D eigenvalue weighted by Crippen LogP contribution is -2.26. The minimum atomic E-state index is -4.41. The highest BCUT2D eigenvalue weighted by Gasteiger charge is 2.30. The molecular weight excluding hydrogens is 473 g/mol. The number of hydrogen-bond donors (Lipinski definition) is 2. The Kier molecular flexibility index (Phi) is 7.29. The number of carboxylic acid groups (broad SMARTS) is 1. The number of aliphatic carboxylic acids is 1. The summed E-state index contributed by atoms with van der Waals surface area (Å²) in [6, 6.07) is 8.30. The second kappa shape index (κ2) is 9.80. The van der Waals surface area contributed by atoms with Crippen molar-refractivity contribution in [2.45, 2.75) is 35.5 Å². The maximum atomic E-state index is 12.7. The van der Waals surface area contributed by atoms with Crippen LogP contribution in [0.2, 0.25) is 0 Å². The number of benzene rings is 1. The Hall–Kier alpha value is -3.10. The van der Waals surface area contributed by atoms with Gasteiger partial charge in [0.25, 0.3) is 0 Å². The Labute approximate surface area is 196 Å². The standard InChI is InChI=1S/C22H19F3N4O2S2/c1-21(2,19(30)31)33-20-29-17(12-32-20)7-8-27-18-14(10-26)9-15(11-28-18)13-3-5-16(6-4-13)22(23,24)25/h3-6,9,11-12H,7-8H2,1-2H3,(H,27,28)(H,30,31). The molecule has 0 aliphatic rings. The van der Waals surface area contributed by atoms with E-state index >= 15 is 0 Å². The summed E-state index contributed by atoms with van der Waals surface area (Å²) in [4.78, 5) is 20.0. The van der Waals surface area contributed by atoms with Crippen molar-refractivity contribution in [3.05, 3.63) is 58.7 Å². The number of anilines is 1. The molecule has 2 aromatic heterocycles. The molecule has 0 spiro atoms. The molecule has 3 rings (SSSR count). The van der Waals surface area contributed by atoms with Crippen LogP contribution in [0.25, 0.3) is 11.1 Å². The molecule has 0 saturated heterocycles. The number of nitriles is 1. The highest BCUT2D eigenvalue weighted by Crippen LogP contribution is 2.35. The topological polar surface area (TPSA) is 98.9 Å². The molecule has 2 heterocycles. The van der Waals surface area contributed by atoms with Crippen LogP contribution in [0.3, 0.4) is 0 Å². The minimum Gasteiger partial charge on any atom is -0.480 e. The molecule has 0 unspecified atom stereocenters. The molecule has 0 bridgehead atoms. The van der Waals surface area contributed by atoms with Crippen LogP contribution >= 0.6 is 23.1 Å². The van der Waals surface area contributed by atoms with Gasteiger partial charge in [-0.25, -0.2) is 9.97 Å². The summed E-state index contributed by atoms with van der Waals surface area (Å²) in [5.74, 6) is -0.550.